The van der Waals surface area contributed by atoms with Crippen LogP contribution in [0.2, 0.25) is 0 Å². The van der Waals surface area contributed by atoms with Gasteiger partial charge in [0, 0.05) is 37.0 Å². The lowest BCUT2D eigenvalue weighted by molar-refractivity contribution is 0.545. The summed E-state index contributed by atoms with van der Waals surface area (Å²) in [6.07, 6.45) is 3.72. The highest BCUT2D eigenvalue weighted by molar-refractivity contribution is 5.63. The maximum absolute atomic E-state index is 4.76. The minimum absolute atomic E-state index is 0.0994. The van der Waals surface area contributed by atoms with E-state index in [0.717, 1.165) is 35.3 Å². The summed E-state index contributed by atoms with van der Waals surface area (Å²) >= 11 is 0. The van der Waals surface area contributed by atoms with Crippen molar-refractivity contribution in [3.8, 4) is 11.5 Å². The Balaban J connectivity index is 2.67. The van der Waals surface area contributed by atoms with E-state index in [1.807, 2.05) is 24.7 Å². The molecule has 5 nitrogen and oxygen atoms in total. The van der Waals surface area contributed by atoms with E-state index in [0.29, 0.717) is 0 Å². The van der Waals surface area contributed by atoms with E-state index in [-0.39, 0.29) is 5.41 Å². The molecule has 2 aromatic rings. The van der Waals surface area contributed by atoms with Crippen molar-refractivity contribution in [1.29, 1.82) is 0 Å². The van der Waals surface area contributed by atoms with Crippen LogP contribution in [-0.4, -0.2) is 26.1 Å². The predicted molar refractivity (Wildman–Crippen MR) is 81.8 cm³/mol. The summed E-state index contributed by atoms with van der Waals surface area (Å²) in [7, 11) is 1.98. The molecule has 2 aromatic heterocycles. The number of hydrogen-bond donors (Lipinski definition) is 1. The highest BCUT2D eigenvalue weighted by Gasteiger charge is 2.22. The Morgan fingerprint density at radius 1 is 1.25 bits per heavy atom. The lowest BCUT2D eigenvalue weighted by Crippen LogP contribution is -2.19. The molecule has 108 valence electrons. The fourth-order valence-corrected chi connectivity index (χ4v) is 2.00. The Morgan fingerprint density at radius 2 is 1.95 bits per heavy atom. The largest absolute Gasteiger partial charge is 0.370 e. The zero-order chi connectivity index (χ0) is 14.9. The van der Waals surface area contributed by atoms with Crippen LogP contribution in [0.1, 0.15) is 39.1 Å². The van der Waals surface area contributed by atoms with Crippen molar-refractivity contribution < 1.29 is 0 Å². The lowest BCUT2D eigenvalue weighted by Gasteiger charge is -2.20. The number of aryl methyl sites for hydroxylation is 1. The molecule has 0 amide bonds. The first-order chi connectivity index (χ1) is 9.34. The number of nitrogens with one attached hydrogen (secondary N) is 1. The zero-order valence-corrected chi connectivity index (χ0v) is 13.2. The number of hydrogen-bond acceptors (Lipinski definition) is 4. The Morgan fingerprint density at radius 3 is 2.45 bits per heavy atom. The second-order valence-electron chi connectivity index (χ2n) is 6.01. The summed E-state index contributed by atoms with van der Waals surface area (Å²) in [5.41, 5.74) is 1.83. The zero-order valence-electron chi connectivity index (χ0n) is 13.2. The summed E-state index contributed by atoms with van der Waals surface area (Å²) in [5, 5.41) is 3.32. The van der Waals surface area contributed by atoms with Gasteiger partial charge in [0.05, 0.1) is 0 Å². The van der Waals surface area contributed by atoms with Crippen molar-refractivity contribution in [3.63, 3.8) is 0 Å². The van der Waals surface area contributed by atoms with Gasteiger partial charge in [-0.05, 0) is 13.8 Å². The van der Waals surface area contributed by atoms with E-state index >= 15 is 0 Å². The number of imidazole rings is 1. The molecule has 1 N–H and O–H groups in total. The Labute approximate surface area is 120 Å². The summed E-state index contributed by atoms with van der Waals surface area (Å²) in [6.45, 7) is 11.3. The fourth-order valence-electron chi connectivity index (χ4n) is 2.00. The second kappa shape index (κ2) is 5.23. The number of rotatable bonds is 3. The standard InChI is InChI=1S/C15H23N5/c1-7-16-12-10(2)11(13-17-8-9-20(13)6)18-14(19-12)15(3,4)5/h8-9H,7H2,1-6H3,(H,16,18,19). The van der Waals surface area contributed by atoms with Gasteiger partial charge in [0.15, 0.2) is 5.82 Å². The molecule has 0 aliphatic carbocycles. The summed E-state index contributed by atoms with van der Waals surface area (Å²) in [6, 6.07) is 0. The van der Waals surface area contributed by atoms with Gasteiger partial charge in [-0.1, -0.05) is 20.8 Å². The van der Waals surface area contributed by atoms with Gasteiger partial charge >= 0.3 is 0 Å². The molecular formula is C15H23N5. The van der Waals surface area contributed by atoms with Gasteiger partial charge in [0.2, 0.25) is 0 Å². The van der Waals surface area contributed by atoms with Crippen LogP contribution in [-0.2, 0) is 12.5 Å². The third-order valence-corrected chi connectivity index (χ3v) is 3.19. The monoisotopic (exact) mass is 273 g/mol. The predicted octanol–water partition coefficient (Wildman–Crippen LogP) is 2.91. The van der Waals surface area contributed by atoms with Crippen molar-refractivity contribution in [2.24, 2.45) is 7.05 Å². The van der Waals surface area contributed by atoms with Gasteiger partial charge in [-0.15, -0.1) is 0 Å². The molecular weight excluding hydrogens is 250 g/mol. The van der Waals surface area contributed by atoms with Crippen LogP contribution in [0.4, 0.5) is 5.82 Å². The summed E-state index contributed by atoms with van der Waals surface area (Å²) in [4.78, 5) is 13.8. The first-order valence-electron chi connectivity index (χ1n) is 6.95. The van der Waals surface area contributed by atoms with Crippen LogP contribution < -0.4 is 5.32 Å². The minimum atomic E-state index is -0.0994. The van der Waals surface area contributed by atoms with Gasteiger partial charge in [-0.3, -0.25) is 0 Å². The number of aromatic nitrogens is 4. The van der Waals surface area contributed by atoms with Crippen molar-refractivity contribution in [2.75, 3.05) is 11.9 Å². The molecule has 0 aromatic carbocycles. The van der Waals surface area contributed by atoms with E-state index in [1.54, 1.807) is 6.20 Å². The Hall–Kier alpha value is -1.91. The first kappa shape index (κ1) is 14.5. The Bertz CT molecular complexity index is 607. The SMILES string of the molecule is CCNc1nc(C(C)(C)C)nc(-c2nccn2C)c1C. The normalized spacial score (nSPS) is 11.7. The van der Waals surface area contributed by atoms with E-state index in [4.69, 9.17) is 4.98 Å². The molecule has 2 heterocycles. The molecule has 0 saturated carbocycles. The molecule has 5 heteroatoms. The average molecular weight is 273 g/mol. The average Bonchev–Trinajstić information content (AvgIpc) is 2.77. The second-order valence-corrected chi connectivity index (χ2v) is 6.01. The molecule has 0 atom stereocenters. The van der Waals surface area contributed by atoms with Crippen LogP contribution in [0, 0.1) is 6.92 Å². The lowest BCUT2D eigenvalue weighted by atomic mass is 9.95. The Kier molecular flexibility index (Phi) is 3.79. The van der Waals surface area contributed by atoms with Crippen molar-refractivity contribution in [1.82, 2.24) is 19.5 Å². The molecule has 0 spiro atoms. The summed E-state index contributed by atoms with van der Waals surface area (Å²) in [5.74, 6) is 2.59. The molecule has 20 heavy (non-hydrogen) atoms. The quantitative estimate of drug-likeness (QED) is 0.934. The number of nitrogens with zero attached hydrogens (tertiary/aromatic N) is 4. The van der Waals surface area contributed by atoms with Gasteiger partial charge in [0.25, 0.3) is 0 Å². The van der Waals surface area contributed by atoms with Gasteiger partial charge in [-0.25, -0.2) is 15.0 Å². The molecule has 0 fully saturated rings. The minimum Gasteiger partial charge on any atom is -0.370 e. The van der Waals surface area contributed by atoms with E-state index in [2.05, 4.69) is 43.0 Å². The van der Waals surface area contributed by atoms with Crippen molar-refractivity contribution in [2.45, 2.75) is 40.0 Å². The summed E-state index contributed by atoms with van der Waals surface area (Å²) < 4.78 is 1.98. The van der Waals surface area contributed by atoms with E-state index < -0.39 is 0 Å². The van der Waals surface area contributed by atoms with Crippen molar-refractivity contribution in [3.05, 3.63) is 23.8 Å². The smallest absolute Gasteiger partial charge is 0.158 e. The molecule has 0 saturated heterocycles. The number of anilines is 1. The first-order valence-corrected chi connectivity index (χ1v) is 6.95. The van der Waals surface area contributed by atoms with Crippen LogP contribution in [0.25, 0.3) is 11.5 Å². The third kappa shape index (κ3) is 2.66. The molecule has 0 unspecified atom stereocenters. The maximum Gasteiger partial charge on any atom is 0.158 e. The van der Waals surface area contributed by atoms with E-state index in [9.17, 15) is 0 Å². The van der Waals surface area contributed by atoms with Gasteiger partial charge in [-0.2, -0.15) is 0 Å². The maximum atomic E-state index is 4.76. The molecule has 2 rings (SSSR count). The van der Waals surface area contributed by atoms with Crippen LogP contribution in [0.3, 0.4) is 0 Å². The highest BCUT2D eigenvalue weighted by Crippen LogP contribution is 2.28. The molecule has 0 aliphatic heterocycles. The van der Waals surface area contributed by atoms with E-state index in [1.165, 1.54) is 0 Å². The van der Waals surface area contributed by atoms with Crippen LogP contribution in [0.15, 0.2) is 12.4 Å². The van der Waals surface area contributed by atoms with Crippen molar-refractivity contribution >= 4 is 5.82 Å². The molecule has 0 bridgehead atoms. The topological polar surface area (TPSA) is 55.6 Å². The fraction of sp³-hybridized carbons (Fsp3) is 0.533. The molecule has 0 radical (unpaired) electrons. The van der Waals surface area contributed by atoms with Crippen LogP contribution >= 0.6 is 0 Å². The highest BCUT2D eigenvalue weighted by atomic mass is 15.1. The third-order valence-electron chi connectivity index (χ3n) is 3.19. The van der Waals surface area contributed by atoms with Crippen LogP contribution in [0.5, 0.6) is 0 Å². The van der Waals surface area contributed by atoms with Gasteiger partial charge in [0.1, 0.15) is 17.3 Å². The van der Waals surface area contributed by atoms with Gasteiger partial charge < -0.3 is 9.88 Å². The molecule has 0 aliphatic rings.